The third-order valence-corrected chi connectivity index (χ3v) is 4.69. The number of methoxy groups -OCH3 is 1. The highest BCUT2D eigenvalue weighted by Gasteiger charge is 2.19. The van der Waals surface area contributed by atoms with Crippen LogP contribution >= 0.6 is 11.6 Å². The average molecular weight is 363 g/mol. The molecular weight excluding hydrogens is 343 g/mol. The standard InChI is InChI=1S/C19H20ClFN2O2/c1-25-16-3-2-10-23(12-16)15-7-5-14(6-8-15)22-19(24)17-9-4-13(21)11-18(17)20/h4-9,11,16H,2-3,10,12H2,1H3,(H,22,24). The van der Waals surface area contributed by atoms with E-state index < -0.39 is 5.82 Å². The third kappa shape index (κ3) is 4.30. The van der Waals surface area contributed by atoms with Crippen LogP contribution in [0.3, 0.4) is 0 Å². The van der Waals surface area contributed by atoms with Gasteiger partial charge in [0.25, 0.3) is 5.91 Å². The Hall–Kier alpha value is -2.11. The van der Waals surface area contributed by atoms with E-state index in [1.165, 1.54) is 12.1 Å². The molecule has 0 aromatic heterocycles. The summed E-state index contributed by atoms with van der Waals surface area (Å²) >= 11 is 5.93. The van der Waals surface area contributed by atoms with E-state index in [9.17, 15) is 9.18 Å². The van der Waals surface area contributed by atoms with Gasteiger partial charge in [-0.05, 0) is 55.3 Å². The monoisotopic (exact) mass is 362 g/mol. The predicted octanol–water partition coefficient (Wildman–Crippen LogP) is 4.35. The zero-order valence-corrected chi connectivity index (χ0v) is 14.7. The molecule has 132 valence electrons. The van der Waals surface area contributed by atoms with Crippen molar-refractivity contribution in [3.63, 3.8) is 0 Å². The number of ether oxygens (including phenoxy) is 1. The maximum Gasteiger partial charge on any atom is 0.257 e. The third-order valence-electron chi connectivity index (χ3n) is 4.38. The zero-order chi connectivity index (χ0) is 17.8. The summed E-state index contributed by atoms with van der Waals surface area (Å²) in [5.74, 6) is -0.836. The minimum Gasteiger partial charge on any atom is -0.380 e. The van der Waals surface area contributed by atoms with Gasteiger partial charge in [0, 0.05) is 31.6 Å². The molecule has 3 rings (SSSR count). The van der Waals surface area contributed by atoms with Crippen LogP contribution < -0.4 is 10.2 Å². The lowest BCUT2D eigenvalue weighted by Crippen LogP contribution is -2.39. The van der Waals surface area contributed by atoms with E-state index in [0.717, 1.165) is 37.7 Å². The molecule has 2 aromatic carbocycles. The minimum atomic E-state index is -0.471. The van der Waals surface area contributed by atoms with Crippen LogP contribution in [0.2, 0.25) is 5.02 Å². The van der Waals surface area contributed by atoms with Crippen LogP contribution in [0, 0.1) is 5.82 Å². The van der Waals surface area contributed by atoms with Crippen LogP contribution in [0.15, 0.2) is 42.5 Å². The number of carbonyl (C=O) groups is 1. The molecule has 1 aliphatic heterocycles. The van der Waals surface area contributed by atoms with Crippen molar-refractivity contribution in [1.82, 2.24) is 0 Å². The summed E-state index contributed by atoms with van der Waals surface area (Å²) < 4.78 is 18.5. The summed E-state index contributed by atoms with van der Waals surface area (Å²) in [6, 6.07) is 11.4. The van der Waals surface area contributed by atoms with Crippen molar-refractivity contribution in [2.24, 2.45) is 0 Å². The molecule has 1 saturated heterocycles. The van der Waals surface area contributed by atoms with Gasteiger partial charge in [-0.2, -0.15) is 0 Å². The van der Waals surface area contributed by atoms with Crippen LogP contribution in [0.1, 0.15) is 23.2 Å². The number of nitrogens with one attached hydrogen (secondary N) is 1. The van der Waals surface area contributed by atoms with Gasteiger partial charge in [-0.25, -0.2) is 4.39 Å². The quantitative estimate of drug-likeness (QED) is 0.879. The number of piperidine rings is 1. The molecule has 0 aliphatic carbocycles. The number of hydrogen-bond acceptors (Lipinski definition) is 3. The number of benzene rings is 2. The lowest BCUT2D eigenvalue weighted by molar-refractivity contribution is 0.0893. The molecule has 25 heavy (non-hydrogen) atoms. The molecule has 0 spiro atoms. The van der Waals surface area contributed by atoms with Gasteiger partial charge in [0.15, 0.2) is 0 Å². The van der Waals surface area contributed by atoms with E-state index in [4.69, 9.17) is 16.3 Å². The largest absolute Gasteiger partial charge is 0.380 e. The lowest BCUT2D eigenvalue weighted by atomic mass is 10.1. The fourth-order valence-corrected chi connectivity index (χ4v) is 3.25. The van der Waals surface area contributed by atoms with Crippen molar-refractivity contribution >= 4 is 28.9 Å². The molecule has 0 radical (unpaired) electrons. The first-order chi connectivity index (χ1) is 12.1. The minimum absolute atomic E-state index is 0.0908. The number of amides is 1. The number of halogens is 2. The second kappa shape index (κ2) is 7.85. The van der Waals surface area contributed by atoms with Crippen molar-refractivity contribution in [2.75, 3.05) is 30.4 Å². The van der Waals surface area contributed by atoms with Gasteiger partial charge in [0.05, 0.1) is 16.7 Å². The Balaban J connectivity index is 1.67. The van der Waals surface area contributed by atoms with Crippen LogP contribution in [-0.2, 0) is 4.74 Å². The number of carbonyl (C=O) groups excluding carboxylic acids is 1. The number of anilines is 2. The van der Waals surface area contributed by atoms with Crippen LogP contribution in [-0.4, -0.2) is 32.2 Å². The summed E-state index contributed by atoms with van der Waals surface area (Å²) in [5.41, 5.74) is 2.00. The molecule has 1 atom stereocenters. The summed E-state index contributed by atoms with van der Waals surface area (Å²) in [4.78, 5) is 14.5. The first kappa shape index (κ1) is 17.7. The molecule has 1 amide bonds. The fourth-order valence-electron chi connectivity index (χ4n) is 2.99. The molecule has 6 heteroatoms. The summed E-state index contributed by atoms with van der Waals surface area (Å²) in [7, 11) is 1.74. The molecule has 1 fully saturated rings. The molecule has 1 unspecified atom stereocenters. The molecule has 0 saturated carbocycles. The highest BCUT2D eigenvalue weighted by molar-refractivity contribution is 6.34. The number of hydrogen-bond donors (Lipinski definition) is 1. The Bertz CT molecular complexity index is 752. The number of nitrogens with zero attached hydrogens (tertiary/aromatic N) is 1. The Morgan fingerprint density at radius 2 is 2.04 bits per heavy atom. The second-order valence-electron chi connectivity index (χ2n) is 6.07. The summed E-state index contributed by atoms with van der Waals surface area (Å²) in [6.07, 6.45) is 2.44. The van der Waals surface area contributed by atoms with E-state index >= 15 is 0 Å². The van der Waals surface area contributed by atoms with Gasteiger partial charge in [0.2, 0.25) is 0 Å². The van der Waals surface area contributed by atoms with Gasteiger partial charge >= 0.3 is 0 Å². The zero-order valence-electron chi connectivity index (χ0n) is 14.0. The highest BCUT2D eigenvalue weighted by Crippen LogP contribution is 2.24. The van der Waals surface area contributed by atoms with Crippen molar-refractivity contribution < 1.29 is 13.9 Å². The van der Waals surface area contributed by atoms with E-state index in [2.05, 4.69) is 10.2 Å². The molecule has 4 nitrogen and oxygen atoms in total. The Morgan fingerprint density at radius 3 is 2.72 bits per heavy atom. The van der Waals surface area contributed by atoms with Crippen molar-refractivity contribution in [1.29, 1.82) is 0 Å². The molecule has 1 heterocycles. The predicted molar refractivity (Wildman–Crippen MR) is 98.0 cm³/mol. The second-order valence-corrected chi connectivity index (χ2v) is 6.48. The fraction of sp³-hybridized carbons (Fsp3) is 0.316. The van der Waals surface area contributed by atoms with Crippen molar-refractivity contribution in [2.45, 2.75) is 18.9 Å². The molecule has 0 bridgehead atoms. The van der Waals surface area contributed by atoms with Crippen molar-refractivity contribution in [3.8, 4) is 0 Å². The van der Waals surface area contributed by atoms with Gasteiger partial charge < -0.3 is 15.0 Å². The smallest absolute Gasteiger partial charge is 0.257 e. The normalized spacial score (nSPS) is 17.4. The molecule has 2 aromatic rings. The molecule has 1 N–H and O–H groups in total. The van der Waals surface area contributed by atoms with Crippen LogP contribution in [0.4, 0.5) is 15.8 Å². The summed E-state index contributed by atoms with van der Waals surface area (Å²) in [5, 5.41) is 2.87. The first-order valence-corrected chi connectivity index (χ1v) is 8.59. The van der Waals surface area contributed by atoms with Crippen LogP contribution in [0.5, 0.6) is 0 Å². The Kier molecular flexibility index (Phi) is 5.56. The SMILES string of the molecule is COC1CCCN(c2ccc(NC(=O)c3ccc(F)cc3Cl)cc2)C1. The van der Waals surface area contributed by atoms with Crippen molar-refractivity contribution in [3.05, 3.63) is 58.9 Å². The van der Waals surface area contributed by atoms with E-state index in [1.54, 1.807) is 7.11 Å². The van der Waals surface area contributed by atoms with Gasteiger partial charge in [0.1, 0.15) is 5.82 Å². The summed E-state index contributed by atoms with van der Waals surface area (Å²) in [6.45, 7) is 1.87. The first-order valence-electron chi connectivity index (χ1n) is 8.21. The average Bonchev–Trinajstić information content (AvgIpc) is 2.62. The van der Waals surface area contributed by atoms with E-state index in [0.29, 0.717) is 5.69 Å². The Labute approximate surface area is 151 Å². The van der Waals surface area contributed by atoms with Gasteiger partial charge in [-0.15, -0.1) is 0 Å². The molecule has 1 aliphatic rings. The maximum atomic E-state index is 13.1. The number of rotatable bonds is 4. The molecular formula is C19H20ClFN2O2. The highest BCUT2D eigenvalue weighted by atomic mass is 35.5. The lowest BCUT2D eigenvalue weighted by Gasteiger charge is -2.33. The van der Waals surface area contributed by atoms with E-state index in [1.807, 2.05) is 24.3 Å². The van der Waals surface area contributed by atoms with Gasteiger partial charge in [-0.3, -0.25) is 4.79 Å². The van der Waals surface area contributed by atoms with Crippen LogP contribution in [0.25, 0.3) is 0 Å². The van der Waals surface area contributed by atoms with Gasteiger partial charge in [-0.1, -0.05) is 11.6 Å². The van der Waals surface area contributed by atoms with E-state index in [-0.39, 0.29) is 22.6 Å². The maximum absolute atomic E-state index is 13.1. The Morgan fingerprint density at radius 1 is 1.28 bits per heavy atom. The topological polar surface area (TPSA) is 41.6 Å².